The number of benzene rings is 3. The highest BCUT2D eigenvalue weighted by Crippen LogP contribution is 2.18. The van der Waals surface area contributed by atoms with E-state index in [1.807, 2.05) is 0 Å². The first-order valence-corrected chi connectivity index (χ1v) is 11.4. The molecule has 0 aliphatic heterocycles. The van der Waals surface area contributed by atoms with Crippen molar-refractivity contribution < 1.29 is 9.59 Å². The van der Waals surface area contributed by atoms with Crippen molar-refractivity contribution >= 4 is 33.1 Å². The summed E-state index contributed by atoms with van der Waals surface area (Å²) < 4.78 is 1.87. The number of carbonyl (C=O) groups excluding carboxylic acids is 2. The van der Waals surface area contributed by atoms with Crippen molar-refractivity contribution in [2.24, 2.45) is 0 Å². The van der Waals surface area contributed by atoms with Crippen LogP contribution >= 0.6 is 0 Å². The Hall–Kier alpha value is -4.76. The summed E-state index contributed by atoms with van der Waals surface area (Å²) in [5.41, 5.74) is -1.50. The third-order valence-corrected chi connectivity index (χ3v) is 6.29. The number of rotatable bonds is 6. The molecule has 2 aromatic heterocycles. The molecule has 2 heterocycles. The second kappa shape index (κ2) is 8.72. The van der Waals surface area contributed by atoms with Crippen LogP contribution in [0, 0.1) is 0 Å². The van der Waals surface area contributed by atoms with E-state index in [9.17, 15) is 28.8 Å². The number of Topliss-reactive ketones (excluding diaryl/α,β-unsaturated/α-hetero) is 2. The Morgan fingerprint density at radius 1 is 0.649 bits per heavy atom. The Bertz CT molecular complexity index is 1890. The Balaban J connectivity index is 1.71. The lowest BCUT2D eigenvalue weighted by molar-refractivity contribution is 0.0956. The summed E-state index contributed by atoms with van der Waals surface area (Å²) in [5, 5.41) is -0.0201. The summed E-state index contributed by atoms with van der Waals surface area (Å²) in [5.74, 6) is -0.395. The third kappa shape index (κ3) is 3.85. The van der Waals surface area contributed by atoms with Crippen LogP contribution in [0.2, 0.25) is 0 Å². The van der Waals surface area contributed by atoms with Gasteiger partial charge in [-0.2, -0.15) is 0 Å². The fourth-order valence-corrected chi connectivity index (χ4v) is 4.50. The monoisotopic (exact) mass is 495 g/mol. The smallest absolute Gasteiger partial charge is 0.266 e. The molecule has 184 valence electrons. The molecule has 0 bridgehead atoms. The minimum absolute atomic E-state index is 0.00473. The quantitative estimate of drug-likeness (QED) is 0.330. The minimum atomic E-state index is -0.655. The number of hydrogen-bond acceptors (Lipinski definition) is 7. The van der Waals surface area contributed by atoms with E-state index in [1.165, 1.54) is 37.3 Å². The first-order chi connectivity index (χ1) is 17.6. The second-order valence-corrected chi connectivity index (χ2v) is 9.15. The molecule has 9 nitrogen and oxygen atoms in total. The van der Waals surface area contributed by atoms with Gasteiger partial charge in [0.2, 0.25) is 0 Å². The van der Waals surface area contributed by atoms with Gasteiger partial charge < -0.3 is 4.90 Å². The lowest BCUT2D eigenvalue weighted by atomic mass is 10.1. The molecule has 0 unspecified atom stereocenters. The molecule has 0 amide bonds. The summed E-state index contributed by atoms with van der Waals surface area (Å²) in [6.07, 6.45) is 0. The molecule has 5 rings (SSSR count). The Labute approximate surface area is 209 Å². The Morgan fingerprint density at radius 3 is 1.46 bits per heavy atom. The molecule has 0 fully saturated rings. The maximum atomic E-state index is 13.3. The number of fused-ring (bicyclic) bond motifs is 2. The van der Waals surface area contributed by atoms with Gasteiger partial charge in [0.25, 0.3) is 22.2 Å². The molecule has 0 aliphatic carbocycles. The molecular weight excluding hydrogens is 474 g/mol. The van der Waals surface area contributed by atoms with Crippen molar-refractivity contribution in [2.45, 2.75) is 6.92 Å². The first-order valence-electron chi connectivity index (χ1n) is 11.4. The lowest BCUT2D eigenvalue weighted by Gasteiger charge is -2.09. The summed E-state index contributed by atoms with van der Waals surface area (Å²) >= 11 is 0. The first kappa shape index (κ1) is 24.0. The molecule has 0 aliphatic rings. The Morgan fingerprint density at radius 2 is 1.05 bits per heavy atom. The standard InChI is InChI=1S/C28H21N3O6/c1-15(32)16-6-4-8-18(10-16)30-25(34)20-12-22-23(13-21(20)26(30)35)28(37)31(27(22)36)19-9-5-7-17(11-19)24(33)14-29(2)3/h4-13H,14H2,1-3H3. The zero-order valence-electron chi connectivity index (χ0n) is 20.3. The van der Waals surface area contributed by atoms with Crippen molar-refractivity contribution in [3.05, 3.63) is 113 Å². The lowest BCUT2D eigenvalue weighted by Crippen LogP contribution is -2.25. The van der Waals surface area contributed by atoms with Gasteiger partial charge in [0.05, 0.1) is 39.5 Å². The van der Waals surface area contributed by atoms with Gasteiger partial charge in [0.15, 0.2) is 11.6 Å². The second-order valence-electron chi connectivity index (χ2n) is 9.15. The fourth-order valence-electron chi connectivity index (χ4n) is 4.50. The maximum absolute atomic E-state index is 13.3. The van der Waals surface area contributed by atoms with E-state index in [2.05, 4.69) is 0 Å². The van der Waals surface area contributed by atoms with E-state index in [0.717, 1.165) is 9.13 Å². The fraction of sp³-hybridized carbons (Fsp3) is 0.143. The van der Waals surface area contributed by atoms with Crippen molar-refractivity contribution in [1.82, 2.24) is 14.0 Å². The van der Waals surface area contributed by atoms with Gasteiger partial charge >= 0.3 is 0 Å². The van der Waals surface area contributed by atoms with Crippen LogP contribution in [0.4, 0.5) is 0 Å². The van der Waals surface area contributed by atoms with E-state index in [4.69, 9.17) is 0 Å². The van der Waals surface area contributed by atoms with Crippen LogP contribution in [0.3, 0.4) is 0 Å². The number of ketones is 2. The van der Waals surface area contributed by atoms with Gasteiger partial charge in [-0.05, 0) is 57.4 Å². The largest absolute Gasteiger partial charge is 0.302 e. The van der Waals surface area contributed by atoms with Gasteiger partial charge in [-0.3, -0.25) is 28.8 Å². The highest BCUT2D eigenvalue weighted by atomic mass is 16.2. The number of aromatic nitrogens is 2. The maximum Gasteiger partial charge on any atom is 0.266 e. The molecule has 0 spiro atoms. The summed E-state index contributed by atoms with van der Waals surface area (Å²) in [4.78, 5) is 79.0. The van der Waals surface area contributed by atoms with Gasteiger partial charge in [0, 0.05) is 11.1 Å². The van der Waals surface area contributed by atoms with Gasteiger partial charge in [-0.1, -0.05) is 24.3 Å². The molecule has 9 heteroatoms. The van der Waals surface area contributed by atoms with E-state index in [1.54, 1.807) is 49.3 Å². The average Bonchev–Trinajstić information content (AvgIpc) is 3.26. The summed E-state index contributed by atoms with van der Waals surface area (Å²) in [6, 6.07) is 14.9. The highest BCUT2D eigenvalue weighted by molar-refractivity contribution is 5.99. The molecule has 0 saturated carbocycles. The number of hydrogen-bond donors (Lipinski definition) is 0. The summed E-state index contributed by atoms with van der Waals surface area (Å²) in [7, 11) is 3.52. The zero-order valence-corrected chi connectivity index (χ0v) is 20.3. The van der Waals surface area contributed by atoms with Gasteiger partial charge in [-0.25, -0.2) is 9.13 Å². The van der Waals surface area contributed by atoms with E-state index in [-0.39, 0.29) is 51.0 Å². The van der Waals surface area contributed by atoms with Crippen molar-refractivity contribution in [3.8, 4) is 11.4 Å². The van der Waals surface area contributed by atoms with Crippen molar-refractivity contribution in [2.75, 3.05) is 20.6 Å². The van der Waals surface area contributed by atoms with Crippen LogP contribution in [-0.4, -0.2) is 46.2 Å². The van der Waals surface area contributed by atoms with Crippen LogP contribution in [0.15, 0.2) is 79.8 Å². The van der Waals surface area contributed by atoms with Crippen LogP contribution in [-0.2, 0) is 0 Å². The van der Waals surface area contributed by atoms with Crippen LogP contribution in [0.1, 0.15) is 27.6 Å². The number of nitrogens with zero attached hydrogens (tertiary/aromatic N) is 3. The highest BCUT2D eigenvalue weighted by Gasteiger charge is 2.21. The molecule has 3 aromatic carbocycles. The number of carbonyl (C=O) groups is 2. The predicted molar refractivity (Wildman–Crippen MR) is 140 cm³/mol. The topological polar surface area (TPSA) is 116 Å². The third-order valence-electron chi connectivity index (χ3n) is 6.29. The molecule has 0 radical (unpaired) electrons. The Kier molecular flexibility index (Phi) is 5.65. The normalized spacial score (nSPS) is 11.6. The van der Waals surface area contributed by atoms with E-state index < -0.39 is 22.2 Å². The summed E-state index contributed by atoms with van der Waals surface area (Å²) in [6.45, 7) is 1.54. The molecule has 37 heavy (non-hydrogen) atoms. The molecular formula is C28H21N3O6. The predicted octanol–water partition coefficient (Wildman–Crippen LogP) is 1.84. The van der Waals surface area contributed by atoms with Crippen LogP contribution < -0.4 is 22.2 Å². The van der Waals surface area contributed by atoms with Crippen molar-refractivity contribution in [3.63, 3.8) is 0 Å². The van der Waals surface area contributed by atoms with Gasteiger partial charge in [0.1, 0.15) is 0 Å². The molecule has 0 atom stereocenters. The van der Waals surface area contributed by atoms with Gasteiger partial charge in [-0.15, -0.1) is 0 Å². The molecule has 5 aromatic rings. The van der Waals surface area contributed by atoms with E-state index >= 15 is 0 Å². The van der Waals surface area contributed by atoms with Crippen LogP contribution in [0.25, 0.3) is 32.9 Å². The number of likely N-dealkylation sites (N-methyl/N-ethyl adjacent to an activating group) is 1. The SMILES string of the molecule is CC(=O)c1cccc(-n2c(=O)c3cc4c(=O)n(-c5cccc(C(=O)CN(C)C)c5)c(=O)c4cc3c2=O)c1. The van der Waals surface area contributed by atoms with Crippen LogP contribution in [0.5, 0.6) is 0 Å². The zero-order chi connectivity index (χ0) is 26.6. The molecule has 0 N–H and O–H groups in total. The average molecular weight is 495 g/mol. The van der Waals surface area contributed by atoms with Crippen molar-refractivity contribution in [1.29, 1.82) is 0 Å². The minimum Gasteiger partial charge on any atom is -0.302 e. The van der Waals surface area contributed by atoms with E-state index in [0.29, 0.717) is 11.1 Å². The molecule has 0 saturated heterocycles.